The van der Waals surface area contributed by atoms with Crippen molar-refractivity contribution in [2.45, 2.75) is 6.42 Å². The Bertz CT molecular complexity index is 434. The van der Waals surface area contributed by atoms with E-state index in [1.165, 1.54) is 5.56 Å². The van der Waals surface area contributed by atoms with Crippen molar-refractivity contribution in [1.29, 1.82) is 0 Å². The van der Waals surface area contributed by atoms with Gasteiger partial charge in [0.15, 0.2) is 0 Å². The van der Waals surface area contributed by atoms with Gasteiger partial charge in [0.05, 0.1) is 0 Å². The van der Waals surface area contributed by atoms with Crippen molar-refractivity contribution < 1.29 is 0 Å². The predicted molar refractivity (Wildman–Crippen MR) is 65.6 cm³/mol. The molecule has 0 N–H and O–H groups in total. The van der Waals surface area contributed by atoms with Crippen molar-refractivity contribution in [2.75, 3.05) is 19.0 Å². The summed E-state index contributed by atoms with van der Waals surface area (Å²) in [6.07, 6.45) is 4.65. The Morgan fingerprint density at radius 3 is 2.12 bits per heavy atom. The van der Waals surface area contributed by atoms with E-state index >= 15 is 0 Å². The second-order valence-electron chi connectivity index (χ2n) is 3.95. The highest BCUT2D eigenvalue weighted by Crippen LogP contribution is 2.09. The Balaban J connectivity index is 2.11. The Morgan fingerprint density at radius 2 is 1.56 bits per heavy atom. The molecule has 1 aromatic heterocycles. The average Bonchev–Trinajstić information content (AvgIpc) is 2.31. The quantitative estimate of drug-likeness (QED) is 0.782. The molecule has 3 nitrogen and oxygen atoms in total. The molecular formula is C13H15N3. The molecule has 0 aliphatic carbocycles. The van der Waals surface area contributed by atoms with E-state index < -0.39 is 0 Å². The summed E-state index contributed by atoms with van der Waals surface area (Å²) in [5.41, 5.74) is 2.42. The Hall–Kier alpha value is -1.90. The van der Waals surface area contributed by atoms with Gasteiger partial charge >= 0.3 is 0 Å². The maximum absolute atomic E-state index is 4.29. The van der Waals surface area contributed by atoms with E-state index in [1.807, 2.05) is 49.6 Å². The lowest BCUT2D eigenvalue weighted by Gasteiger charge is -2.09. The summed E-state index contributed by atoms with van der Waals surface area (Å²) in [4.78, 5) is 10.5. The number of nitrogens with zero attached hydrogens (tertiary/aromatic N) is 3. The molecule has 0 bridgehead atoms. The van der Waals surface area contributed by atoms with Gasteiger partial charge in [0.25, 0.3) is 0 Å². The van der Waals surface area contributed by atoms with Crippen molar-refractivity contribution in [1.82, 2.24) is 9.97 Å². The fourth-order valence-corrected chi connectivity index (χ4v) is 1.50. The molecule has 3 heteroatoms. The number of hydrogen-bond donors (Lipinski definition) is 0. The van der Waals surface area contributed by atoms with E-state index in [2.05, 4.69) is 22.1 Å². The molecule has 0 radical (unpaired) electrons. The fourth-order valence-electron chi connectivity index (χ4n) is 1.50. The Morgan fingerprint density at radius 1 is 0.938 bits per heavy atom. The van der Waals surface area contributed by atoms with E-state index in [1.54, 1.807) is 0 Å². The number of anilines is 1. The molecule has 82 valence electrons. The third-order valence-electron chi connectivity index (χ3n) is 2.34. The van der Waals surface area contributed by atoms with Crippen molar-refractivity contribution in [3.8, 4) is 0 Å². The largest absolute Gasteiger partial charge is 0.347 e. The van der Waals surface area contributed by atoms with Crippen LogP contribution in [0.2, 0.25) is 0 Å². The molecular weight excluding hydrogens is 198 g/mol. The van der Waals surface area contributed by atoms with Crippen LogP contribution < -0.4 is 4.90 Å². The first-order valence-corrected chi connectivity index (χ1v) is 5.28. The molecule has 0 aliphatic heterocycles. The van der Waals surface area contributed by atoms with Gasteiger partial charge in [0.2, 0.25) is 5.95 Å². The number of benzene rings is 1. The van der Waals surface area contributed by atoms with Crippen LogP contribution in [0, 0.1) is 0 Å². The van der Waals surface area contributed by atoms with Crippen LogP contribution in [0.4, 0.5) is 5.95 Å². The second-order valence-corrected chi connectivity index (χ2v) is 3.95. The zero-order valence-electron chi connectivity index (χ0n) is 9.59. The van der Waals surface area contributed by atoms with Crippen LogP contribution >= 0.6 is 0 Å². The van der Waals surface area contributed by atoms with Crippen molar-refractivity contribution in [3.63, 3.8) is 0 Å². The zero-order chi connectivity index (χ0) is 11.4. The molecule has 0 unspecified atom stereocenters. The predicted octanol–water partition coefficient (Wildman–Crippen LogP) is 2.13. The summed E-state index contributed by atoms with van der Waals surface area (Å²) in [7, 11) is 3.87. The number of aromatic nitrogens is 2. The first-order valence-electron chi connectivity index (χ1n) is 5.28. The maximum atomic E-state index is 4.29. The van der Waals surface area contributed by atoms with Crippen LogP contribution in [0.3, 0.4) is 0 Å². The molecule has 2 aromatic rings. The molecule has 0 fully saturated rings. The molecule has 0 saturated carbocycles. The lowest BCUT2D eigenvalue weighted by atomic mass is 10.1. The Kier molecular flexibility index (Phi) is 3.15. The lowest BCUT2D eigenvalue weighted by Crippen LogP contribution is -2.12. The standard InChI is InChI=1S/C13H15N3/c1-16(2)13-14-9-12(10-15-13)8-11-6-4-3-5-7-11/h3-7,9-10H,8H2,1-2H3. The van der Waals surface area contributed by atoms with E-state index in [0.29, 0.717) is 0 Å². The average molecular weight is 213 g/mol. The minimum atomic E-state index is 0.747. The maximum Gasteiger partial charge on any atom is 0.224 e. The van der Waals surface area contributed by atoms with Gasteiger partial charge in [-0.15, -0.1) is 0 Å². The number of rotatable bonds is 3. The van der Waals surface area contributed by atoms with Crippen molar-refractivity contribution in [3.05, 3.63) is 53.9 Å². The topological polar surface area (TPSA) is 29.0 Å². The second kappa shape index (κ2) is 4.75. The van der Waals surface area contributed by atoms with Gasteiger partial charge in [-0.1, -0.05) is 30.3 Å². The smallest absolute Gasteiger partial charge is 0.224 e. The van der Waals surface area contributed by atoms with Gasteiger partial charge in [-0.3, -0.25) is 0 Å². The van der Waals surface area contributed by atoms with Crippen molar-refractivity contribution >= 4 is 5.95 Å². The molecule has 2 rings (SSSR count). The highest BCUT2D eigenvalue weighted by atomic mass is 15.2. The van der Waals surface area contributed by atoms with E-state index in [9.17, 15) is 0 Å². The molecule has 0 amide bonds. The normalized spacial score (nSPS) is 10.1. The molecule has 0 saturated heterocycles. The highest BCUT2D eigenvalue weighted by Gasteiger charge is 2.00. The monoisotopic (exact) mass is 213 g/mol. The van der Waals surface area contributed by atoms with Gasteiger partial charge in [-0.25, -0.2) is 9.97 Å². The summed E-state index contributed by atoms with van der Waals surface area (Å²) in [5.74, 6) is 0.747. The molecule has 1 heterocycles. The summed E-state index contributed by atoms with van der Waals surface area (Å²) in [6.45, 7) is 0. The zero-order valence-corrected chi connectivity index (χ0v) is 9.59. The SMILES string of the molecule is CN(C)c1ncc(Cc2ccccc2)cn1. The summed E-state index contributed by atoms with van der Waals surface area (Å²) in [6, 6.07) is 10.3. The van der Waals surface area contributed by atoms with Crippen molar-refractivity contribution in [2.24, 2.45) is 0 Å². The number of hydrogen-bond acceptors (Lipinski definition) is 3. The first-order chi connectivity index (χ1) is 7.75. The third-order valence-corrected chi connectivity index (χ3v) is 2.34. The van der Waals surface area contributed by atoms with E-state index in [0.717, 1.165) is 17.9 Å². The fraction of sp³-hybridized carbons (Fsp3) is 0.231. The van der Waals surface area contributed by atoms with Gasteiger partial charge in [0.1, 0.15) is 0 Å². The van der Waals surface area contributed by atoms with Gasteiger partial charge in [-0.2, -0.15) is 0 Å². The van der Waals surface area contributed by atoms with E-state index in [4.69, 9.17) is 0 Å². The molecule has 0 atom stereocenters. The van der Waals surface area contributed by atoms with Crippen LogP contribution in [0.25, 0.3) is 0 Å². The minimum Gasteiger partial charge on any atom is -0.347 e. The van der Waals surface area contributed by atoms with Gasteiger partial charge < -0.3 is 4.90 Å². The van der Waals surface area contributed by atoms with Gasteiger partial charge in [0, 0.05) is 32.9 Å². The molecule has 0 spiro atoms. The van der Waals surface area contributed by atoms with E-state index in [-0.39, 0.29) is 0 Å². The highest BCUT2D eigenvalue weighted by molar-refractivity contribution is 5.29. The molecule has 0 aliphatic rings. The van der Waals surface area contributed by atoms with Crippen LogP contribution in [0.15, 0.2) is 42.7 Å². The molecule has 16 heavy (non-hydrogen) atoms. The van der Waals surface area contributed by atoms with Crippen LogP contribution in [0.5, 0.6) is 0 Å². The minimum absolute atomic E-state index is 0.747. The Labute approximate surface area is 95.8 Å². The van der Waals surface area contributed by atoms with Crippen LogP contribution in [-0.4, -0.2) is 24.1 Å². The lowest BCUT2D eigenvalue weighted by molar-refractivity contribution is 0.975. The molecule has 1 aromatic carbocycles. The van der Waals surface area contributed by atoms with Crippen LogP contribution in [-0.2, 0) is 6.42 Å². The summed E-state index contributed by atoms with van der Waals surface area (Å²) >= 11 is 0. The van der Waals surface area contributed by atoms with Crippen LogP contribution in [0.1, 0.15) is 11.1 Å². The summed E-state index contributed by atoms with van der Waals surface area (Å²) in [5, 5.41) is 0. The summed E-state index contributed by atoms with van der Waals surface area (Å²) < 4.78 is 0. The third kappa shape index (κ3) is 2.57. The van der Waals surface area contributed by atoms with Gasteiger partial charge in [-0.05, 0) is 11.1 Å². The first kappa shape index (κ1) is 10.6.